The molecule has 9 heteroatoms. The molecule has 24 heavy (non-hydrogen) atoms. The van der Waals surface area contributed by atoms with E-state index < -0.39 is 12.4 Å². The molecule has 6 nitrogen and oxygen atoms in total. The molecule has 0 aliphatic carbocycles. The molecular weight excluding hydrogens is 327 g/mol. The number of nitrogens with one attached hydrogen (secondary N) is 1. The number of fused-ring (bicyclic) bond motifs is 1. The molecule has 0 atom stereocenters. The summed E-state index contributed by atoms with van der Waals surface area (Å²) >= 11 is 0. The Bertz CT molecular complexity index is 743. The van der Waals surface area contributed by atoms with Gasteiger partial charge in [-0.1, -0.05) is 6.92 Å². The van der Waals surface area contributed by atoms with Crippen LogP contribution in [0.2, 0.25) is 0 Å². The van der Waals surface area contributed by atoms with Gasteiger partial charge >= 0.3 is 6.61 Å². The quantitative estimate of drug-likeness (QED) is 0.871. The molecule has 0 bridgehead atoms. The number of hydrogen-bond acceptors (Lipinski definition) is 6. The SMILES string of the molecule is CCc1ncnc(NCc2cc3c(cc2OC(F)F)OCO3)c1F. The third kappa shape index (κ3) is 3.29. The van der Waals surface area contributed by atoms with Crippen molar-refractivity contribution in [1.82, 2.24) is 9.97 Å². The average Bonchev–Trinajstić information content (AvgIpc) is 3.00. The van der Waals surface area contributed by atoms with Gasteiger partial charge in [0.2, 0.25) is 6.79 Å². The van der Waals surface area contributed by atoms with Gasteiger partial charge in [0.15, 0.2) is 23.1 Å². The zero-order chi connectivity index (χ0) is 17.1. The minimum Gasteiger partial charge on any atom is -0.454 e. The van der Waals surface area contributed by atoms with Gasteiger partial charge in [0.25, 0.3) is 0 Å². The maximum atomic E-state index is 14.1. The minimum atomic E-state index is -2.99. The predicted octanol–water partition coefficient (Wildman–Crippen LogP) is 3.12. The van der Waals surface area contributed by atoms with Gasteiger partial charge in [0, 0.05) is 18.2 Å². The van der Waals surface area contributed by atoms with Crippen molar-refractivity contribution in [2.24, 2.45) is 0 Å². The van der Waals surface area contributed by atoms with Crippen LogP contribution in [0.15, 0.2) is 18.5 Å². The largest absolute Gasteiger partial charge is 0.454 e. The second-order valence-electron chi connectivity index (χ2n) is 4.88. The van der Waals surface area contributed by atoms with Gasteiger partial charge in [-0.15, -0.1) is 0 Å². The molecule has 1 aromatic carbocycles. The summed E-state index contributed by atoms with van der Waals surface area (Å²) in [6.07, 6.45) is 1.65. The van der Waals surface area contributed by atoms with Gasteiger partial charge in [0.1, 0.15) is 12.1 Å². The molecule has 0 radical (unpaired) electrons. The lowest BCUT2D eigenvalue weighted by Crippen LogP contribution is -2.10. The predicted molar refractivity (Wildman–Crippen MR) is 77.9 cm³/mol. The van der Waals surface area contributed by atoms with Crippen LogP contribution in [-0.2, 0) is 13.0 Å². The van der Waals surface area contributed by atoms with Crippen LogP contribution < -0.4 is 19.5 Å². The smallest absolute Gasteiger partial charge is 0.387 e. The number of benzene rings is 1. The monoisotopic (exact) mass is 341 g/mol. The second kappa shape index (κ2) is 6.81. The maximum absolute atomic E-state index is 14.1. The molecule has 3 rings (SSSR count). The fraction of sp³-hybridized carbons (Fsp3) is 0.333. The lowest BCUT2D eigenvalue weighted by Gasteiger charge is -2.13. The lowest BCUT2D eigenvalue weighted by molar-refractivity contribution is -0.0504. The Morgan fingerprint density at radius 1 is 1.25 bits per heavy atom. The Kier molecular flexibility index (Phi) is 4.59. The van der Waals surface area contributed by atoms with Crippen molar-refractivity contribution in [2.75, 3.05) is 12.1 Å². The lowest BCUT2D eigenvalue weighted by atomic mass is 10.1. The molecule has 1 N–H and O–H groups in total. The van der Waals surface area contributed by atoms with Gasteiger partial charge < -0.3 is 19.5 Å². The van der Waals surface area contributed by atoms with Crippen molar-refractivity contribution in [2.45, 2.75) is 26.5 Å². The van der Waals surface area contributed by atoms with E-state index in [2.05, 4.69) is 20.0 Å². The standard InChI is InChI=1S/C15H14F3N3O3/c1-2-9-13(16)14(21-6-20-9)19-5-8-3-11-12(23-7-22-11)4-10(8)24-15(17)18/h3-4,6,15H,2,5,7H2,1H3,(H,19,20,21). The molecule has 0 amide bonds. The summed E-state index contributed by atoms with van der Waals surface area (Å²) in [7, 11) is 0. The summed E-state index contributed by atoms with van der Waals surface area (Å²) in [4.78, 5) is 7.65. The molecule has 2 heterocycles. The molecule has 0 fully saturated rings. The molecule has 0 unspecified atom stereocenters. The van der Waals surface area contributed by atoms with Crippen molar-refractivity contribution in [3.05, 3.63) is 35.5 Å². The third-order valence-corrected chi connectivity index (χ3v) is 3.41. The molecule has 1 aromatic heterocycles. The number of rotatable bonds is 6. The molecule has 0 spiro atoms. The summed E-state index contributed by atoms with van der Waals surface area (Å²) in [6.45, 7) is -1.22. The van der Waals surface area contributed by atoms with Crippen molar-refractivity contribution in [1.29, 1.82) is 0 Å². The highest BCUT2D eigenvalue weighted by molar-refractivity contribution is 5.53. The normalized spacial score (nSPS) is 12.5. The Hall–Kier alpha value is -2.71. The van der Waals surface area contributed by atoms with Crippen LogP contribution in [0.4, 0.5) is 19.0 Å². The van der Waals surface area contributed by atoms with Crippen LogP contribution in [0.25, 0.3) is 0 Å². The average molecular weight is 341 g/mol. The first kappa shape index (κ1) is 16.2. The first-order valence-electron chi connectivity index (χ1n) is 7.19. The number of alkyl halides is 2. The number of aromatic nitrogens is 2. The van der Waals surface area contributed by atoms with E-state index in [1.54, 1.807) is 6.92 Å². The number of ether oxygens (including phenoxy) is 3. The number of nitrogens with zero attached hydrogens (tertiary/aromatic N) is 2. The molecular formula is C15H14F3N3O3. The summed E-state index contributed by atoms with van der Waals surface area (Å²) in [5.74, 6) is 0.0632. The molecule has 128 valence electrons. The number of halogens is 3. The van der Waals surface area contributed by atoms with Crippen molar-refractivity contribution in [3.63, 3.8) is 0 Å². The van der Waals surface area contributed by atoms with E-state index in [1.807, 2.05) is 0 Å². The summed E-state index contributed by atoms with van der Waals surface area (Å²) in [5, 5.41) is 2.76. The number of hydrogen-bond donors (Lipinski definition) is 1. The van der Waals surface area contributed by atoms with Crippen LogP contribution in [0.3, 0.4) is 0 Å². The fourth-order valence-corrected chi connectivity index (χ4v) is 2.26. The van der Waals surface area contributed by atoms with Crippen LogP contribution in [0.1, 0.15) is 18.2 Å². The fourth-order valence-electron chi connectivity index (χ4n) is 2.26. The third-order valence-electron chi connectivity index (χ3n) is 3.41. The van der Waals surface area contributed by atoms with E-state index >= 15 is 0 Å². The van der Waals surface area contributed by atoms with Crippen LogP contribution in [0.5, 0.6) is 17.2 Å². The second-order valence-corrected chi connectivity index (χ2v) is 4.88. The Morgan fingerprint density at radius 2 is 2.00 bits per heavy atom. The molecule has 0 saturated heterocycles. The van der Waals surface area contributed by atoms with Gasteiger partial charge in [-0.05, 0) is 12.5 Å². The topological polar surface area (TPSA) is 65.5 Å². The zero-order valence-corrected chi connectivity index (χ0v) is 12.7. The molecule has 1 aliphatic rings. The van der Waals surface area contributed by atoms with E-state index in [0.29, 0.717) is 23.5 Å². The van der Waals surface area contributed by atoms with E-state index in [9.17, 15) is 13.2 Å². The van der Waals surface area contributed by atoms with Crippen LogP contribution >= 0.6 is 0 Å². The molecule has 1 aliphatic heterocycles. The Balaban J connectivity index is 1.84. The molecule has 2 aromatic rings. The van der Waals surface area contributed by atoms with Crippen LogP contribution in [-0.4, -0.2) is 23.4 Å². The van der Waals surface area contributed by atoms with Crippen molar-refractivity contribution in [3.8, 4) is 17.2 Å². The van der Waals surface area contributed by atoms with Gasteiger partial charge in [-0.25, -0.2) is 14.4 Å². The summed E-state index contributed by atoms with van der Waals surface area (Å²) in [5.41, 5.74) is 0.623. The van der Waals surface area contributed by atoms with E-state index in [4.69, 9.17) is 9.47 Å². The Morgan fingerprint density at radius 3 is 2.71 bits per heavy atom. The maximum Gasteiger partial charge on any atom is 0.387 e. The number of aryl methyl sites for hydroxylation is 1. The van der Waals surface area contributed by atoms with E-state index in [1.165, 1.54) is 18.5 Å². The minimum absolute atomic E-state index is 0.000726. The zero-order valence-electron chi connectivity index (χ0n) is 12.7. The van der Waals surface area contributed by atoms with E-state index in [-0.39, 0.29) is 30.6 Å². The van der Waals surface area contributed by atoms with Gasteiger partial charge in [-0.3, -0.25) is 0 Å². The van der Waals surface area contributed by atoms with Crippen molar-refractivity contribution < 1.29 is 27.4 Å². The highest BCUT2D eigenvalue weighted by atomic mass is 19.3. The Labute approximate surface area is 135 Å². The first-order valence-corrected chi connectivity index (χ1v) is 7.19. The highest BCUT2D eigenvalue weighted by Gasteiger charge is 2.20. The summed E-state index contributed by atoms with van der Waals surface area (Å²) in [6, 6.07) is 2.83. The summed E-state index contributed by atoms with van der Waals surface area (Å²) < 4.78 is 54.1. The highest BCUT2D eigenvalue weighted by Crippen LogP contribution is 2.39. The van der Waals surface area contributed by atoms with Crippen molar-refractivity contribution >= 4 is 5.82 Å². The van der Waals surface area contributed by atoms with Gasteiger partial charge in [0.05, 0.1) is 5.69 Å². The van der Waals surface area contributed by atoms with Gasteiger partial charge in [-0.2, -0.15) is 8.78 Å². The number of anilines is 1. The first-order chi connectivity index (χ1) is 11.6. The van der Waals surface area contributed by atoms with Crippen LogP contribution in [0, 0.1) is 5.82 Å². The molecule has 0 saturated carbocycles. The van der Waals surface area contributed by atoms with E-state index in [0.717, 1.165) is 0 Å².